The van der Waals surface area contributed by atoms with Crippen LogP contribution in [0.5, 0.6) is 0 Å². The Balaban J connectivity index is 1.55. The van der Waals surface area contributed by atoms with Crippen LogP contribution in [0.1, 0.15) is 30.5 Å². The molecule has 0 radical (unpaired) electrons. The maximum atomic E-state index is 11.9. The first-order valence-electron chi connectivity index (χ1n) is 7.79. The molecule has 1 aliphatic rings. The van der Waals surface area contributed by atoms with E-state index in [4.69, 9.17) is 0 Å². The quantitative estimate of drug-likeness (QED) is 0.921. The van der Waals surface area contributed by atoms with E-state index in [2.05, 4.69) is 22.4 Å². The van der Waals surface area contributed by atoms with E-state index in [-0.39, 0.29) is 5.91 Å². The third-order valence-electron chi connectivity index (χ3n) is 4.12. The van der Waals surface area contributed by atoms with Crippen molar-refractivity contribution in [3.05, 3.63) is 48.0 Å². The van der Waals surface area contributed by atoms with E-state index in [1.165, 1.54) is 5.56 Å². The van der Waals surface area contributed by atoms with Crippen molar-refractivity contribution in [3.63, 3.8) is 0 Å². The number of nitrogens with one attached hydrogen (secondary N) is 1. The Labute approximate surface area is 131 Å². The predicted octanol–water partition coefficient (Wildman–Crippen LogP) is 2.23. The number of hydrogen-bond donors (Lipinski definition) is 1. The molecule has 1 aromatic carbocycles. The van der Waals surface area contributed by atoms with Crippen LogP contribution in [0.15, 0.2) is 36.8 Å². The fraction of sp³-hybridized carbons (Fsp3) is 0.412. The third-order valence-corrected chi connectivity index (χ3v) is 4.12. The average molecular weight is 298 g/mol. The zero-order chi connectivity index (χ0) is 15.4. The highest BCUT2D eigenvalue weighted by molar-refractivity contribution is 5.93. The van der Waals surface area contributed by atoms with Gasteiger partial charge in [-0.05, 0) is 30.5 Å². The van der Waals surface area contributed by atoms with Crippen LogP contribution >= 0.6 is 0 Å². The van der Waals surface area contributed by atoms with Crippen LogP contribution in [-0.4, -0.2) is 22.0 Å². The number of aryl methyl sites for hydroxylation is 1. The molecule has 1 N–H and O–H groups in total. The van der Waals surface area contributed by atoms with Crippen LogP contribution < -0.4 is 10.2 Å². The van der Waals surface area contributed by atoms with Gasteiger partial charge in [0.05, 0.1) is 12.0 Å². The second-order valence-electron chi connectivity index (χ2n) is 5.77. The number of benzene rings is 1. The van der Waals surface area contributed by atoms with Crippen molar-refractivity contribution in [2.45, 2.75) is 32.4 Å². The van der Waals surface area contributed by atoms with Gasteiger partial charge in [0, 0.05) is 45.0 Å². The number of rotatable bonds is 5. The van der Waals surface area contributed by atoms with Gasteiger partial charge in [0.15, 0.2) is 0 Å². The molecular weight excluding hydrogens is 276 g/mol. The van der Waals surface area contributed by atoms with Gasteiger partial charge in [0.1, 0.15) is 0 Å². The molecule has 2 aromatic rings. The molecule has 5 nitrogen and oxygen atoms in total. The highest BCUT2D eigenvalue weighted by Crippen LogP contribution is 2.21. The van der Waals surface area contributed by atoms with Gasteiger partial charge in [-0.3, -0.25) is 4.79 Å². The minimum absolute atomic E-state index is 0.244. The molecule has 1 aromatic heterocycles. The Morgan fingerprint density at radius 3 is 2.68 bits per heavy atom. The molecule has 3 rings (SSSR count). The molecule has 0 spiro atoms. The molecule has 0 saturated carbocycles. The van der Waals surface area contributed by atoms with Crippen LogP contribution in [0.4, 0.5) is 5.69 Å². The van der Waals surface area contributed by atoms with Gasteiger partial charge in [-0.2, -0.15) is 0 Å². The summed E-state index contributed by atoms with van der Waals surface area (Å²) in [6, 6.07) is 8.27. The Morgan fingerprint density at radius 1 is 1.18 bits per heavy atom. The summed E-state index contributed by atoms with van der Waals surface area (Å²) in [5.41, 5.74) is 3.39. The molecule has 1 saturated heterocycles. The molecule has 22 heavy (non-hydrogen) atoms. The van der Waals surface area contributed by atoms with Crippen molar-refractivity contribution in [3.8, 4) is 0 Å². The zero-order valence-corrected chi connectivity index (χ0v) is 13.0. The number of carbonyl (C=O) groups excluding carboxylic acids is 1. The highest BCUT2D eigenvalue weighted by atomic mass is 16.2. The van der Waals surface area contributed by atoms with Gasteiger partial charge in [0.25, 0.3) is 0 Å². The highest BCUT2D eigenvalue weighted by Gasteiger charge is 2.19. The number of anilines is 1. The first-order valence-corrected chi connectivity index (χ1v) is 7.79. The molecule has 0 bridgehead atoms. The number of nitrogens with zero attached hydrogens (tertiary/aromatic N) is 3. The number of imidazole rings is 1. The van der Waals surface area contributed by atoms with E-state index in [0.717, 1.165) is 43.9 Å². The van der Waals surface area contributed by atoms with Gasteiger partial charge in [-0.1, -0.05) is 12.1 Å². The Kier molecular flexibility index (Phi) is 4.53. The van der Waals surface area contributed by atoms with Crippen molar-refractivity contribution in [1.82, 2.24) is 14.9 Å². The summed E-state index contributed by atoms with van der Waals surface area (Å²) < 4.78 is 2.01. The van der Waals surface area contributed by atoms with Crippen molar-refractivity contribution >= 4 is 11.6 Å². The van der Waals surface area contributed by atoms with Crippen LogP contribution in [0, 0.1) is 0 Å². The van der Waals surface area contributed by atoms with Gasteiger partial charge in [-0.15, -0.1) is 0 Å². The maximum Gasteiger partial charge on any atom is 0.226 e. The molecule has 2 heterocycles. The topological polar surface area (TPSA) is 50.2 Å². The number of amides is 1. The Morgan fingerprint density at radius 2 is 2.00 bits per heavy atom. The molecule has 0 atom stereocenters. The SMILES string of the molecule is Cn1cncc1CNCc1ccc(N2CCCCC2=O)cc1. The monoisotopic (exact) mass is 298 g/mol. The van der Waals surface area contributed by atoms with Crippen LogP contribution in [0.25, 0.3) is 0 Å². The molecule has 0 aliphatic carbocycles. The summed E-state index contributed by atoms with van der Waals surface area (Å²) in [6.45, 7) is 2.44. The Hall–Kier alpha value is -2.14. The van der Waals surface area contributed by atoms with E-state index in [0.29, 0.717) is 6.42 Å². The summed E-state index contributed by atoms with van der Waals surface area (Å²) >= 11 is 0. The molecule has 1 amide bonds. The third kappa shape index (κ3) is 3.36. The zero-order valence-electron chi connectivity index (χ0n) is 13.0. The van der Waals surface area contributed by atoms with Gasteiger partial charge in [-0.25, -0.2) is 4.98 Å². The fourth-order valence-electron chi connectivity index (χ4n) is 2.76. The van der Waals surface area contributed by atoms with Gasteiger partial charge < -0.3 is 14.8 Å². The fourth-order valence-corrected chi connectivity index (χ4v) is 2.76. The number of carbonyl (C=O) groups is 1. The summed E-state index contributed by atoms with van der Waals surface area (Å²) in [5.74, 6) is 0.244. The molecule has 1 aliphatic heterocycles. The normalized spacial score (nSPS) is 15.3. The van der Waals surface area contributed by atoms with Crippen molar-refractivity contribution < 1.29 is 4.79 Å². The molecule has 0 unspecified atom stereocenters. The smallest absolute Gasteiger partial charge is 0.226 e. The second kappa shape index (κ2) is 6.75. The van der Waals surface area contributed by atoms with Crippen molar-refractivity contribution in [2.24, 2.45) is 7.05 Å². The van der Waals surface area contributed by atoms with E-state index in [1.807, 2.05) is 34.8 Å². The molecule has 5 heteroatoms. The van der Waals surface area contributed by atoms with E-state index in [9.17, 15) is 4.79 Å². The lowest BCUT2D eigenvalue weighted by Gasteiger charge is -2.26. The minimum atomic E-state index is 0.244. The Bertz CT molecular complexity index is 632. The first kappa shape index (κ1) is 14.8. The summed E-state index contributed by atoms with van der Waals surface area (Å²) in [5, 5.41) is 3.41. The minimum Gasteiger partial charge on any atom is -0.337 e. The molecule has 1 fully saturated rings. The van der Waals surface area contributed by atoms with E-state index in [1.54, 1.807) is 6.33 Å². The number of hydrogen-bond acceptors (Lipinski definition) is 3. The van der Waals surface area contributed by atoms with E-state index >= 15 is 0 Å². The first-order chi connectivity index (χ1) is 10.7. The molecular formula is C17H22N4O. The van der Waals surface area contributed by atoms with Crippen molar-refractivity contribution in [1.29, 1.82) is 0 Å². The largest absolute Gasteiger partial charge is 0.337 e. The summed E-state index contributed by atoms with van der Waals surface area (Å²) in [7, 11) is 1.99. The lowest BCUT2D eigenvalue weighted by atomic mass is 10.1. The number of aromatic nitrogens is 2. The lowest BCUT2D eigenvalue weighted by Crippen LogP contribution is -2.35. The van der Waals surface area contributed by atoms with Crippen LogP contribution in [0.3, 0.4) is 0 Å². The van der Waals surface area contributed by atoms with Gasteiger partial charge in [0.2, 0.25) is 5.91 Å². The van der Waals surface area contributed by atoms with E-state index < -0.39 is 0 Å². The standard InChI is InChI=1S/C17H22N4O/c1-20-13-19-12-16(20)11-18-10-14-5-7-15(8-6-14)21-9-3-2-4-17(21)22/h5-8,12-13,18H,2-4,9-11H2,1H3. The van der Waals surface area contributed by atoms with Crippen LogP contribution in [0.2, 0.25) is 0 Å². The predicted molar refractivity (Wildman–Crippen MR) is 86.4 cm³/mol. The molecule has 116 valence electrons. The summed E-state index contributed by atoms with van der Waals surface area (Å²) in [4.78, 5) is 17.9. The van der Waals surface area contributed by atoms with Gasteiger partial charge >= 0.3 is 0 Å². The number of piperidine rings is 1. The van der Waals surface area contributed by atoms with Crippen molar-refractivity contribution in [2.75, 3.05) is 11.4 Å². The maximum absolute atomic E-state index is 11.9. The summed E-state index contributed by atoms with van der Waals surface area (Å²) in [6.07, 6.45) is 6.47. The lowest BCUT2D eigenvalue weighted by molar-refractivity contribution is -0.119. The average Bonchev–Trinajstić information content (AvgIpc) is 2.94. The van der Waals surface area contributed by atoms with Crippen LogP contribution in [-0.2, 0) is 24.9 Å². The second-order valence-corrected chi connectivity index (χ2v) is 5.77.